The molecule has 0 heterocycles. The first-order valence-corrected chi connectivity index (χ1v) is 5.60. The zero-order valence-corrected chi connectivity index (χ0v) is 8.25. The number of hydrogen-bond acceptors (Lipinski definition) is 2. The quantitative estimate of drug-likeness (QED) is 0.666. The number of rotatable bonds is 4. The Morgan fingerprint density at radius 1 is 1.67 bits per heavy atom. The van der Waals surface area contributed by atoms with Crippen LogP contribution in [-0.4, -0.2) is 16.4 Å². The van der Waals surface area contributed by atoms with E-state index < -0.39 is 7.82 Å². The highest BCUT2D eigenvalue weighted by Gasteiger charge is 2.49. The van der Waals surface area contributed by atoms with Gasteiger partial charge in [0.1, 0.15) is 0 Å². The average Bonchev–Trinajstić information content (AvgIpc) is 2.58. The average molecular weight is 194 g/mol. The standard InChI is InChI=1S/C7H15O4P/c1-3-6-4-7(6,2)5-11-12(8,9)10/h6H,3-5H2,1-2H3,(H2,8,9,10). The van der Waals surface area contributed by atoms with Crippen molar-refractivity contribution in [1.82, 2.24) is 0 Å². The minimum atomic E-state index is -4.26. The fourth-order valence-corrected chi connectivity index (χ4v) is 2.01. The van der Waals surface area contributed by atoms with E-state index in [9.17, 15) is 4.57 Å². The zero-order chi connectivity index (χ0) is 9.41. The molecule has 0 radical (unpaired) electrons. The molecule has 72 valence electrons. The maximum absolute atomic E-state index is 10.4. The van der Waals surface area contributed by atoms with Gasteiger partial charge in [0, 0.05) is 0 Å². The Hall–Kier alpha value is 0.110. The fraction of sp³-hybridized carbons (Fsp3) is 1.00. The van der Waals surface area contributed by atoms with Crippen LogP contribution in [-0.2, 0) is 9.09 Å². The van der Waals surface area contributed by atoms with Gasteiger partial charge >= 0.3 is 7.82 Å². The van der Waals surface area contributed by atoms with Gasteiger partial charge in [-0.05, 0) is 17.8 Å². The molecule has 0 spiro atoms. The van der Waals surface area contributed by atoms with Gasteiger partial charge in [-0.15, -0.1) is 0 Å². The maximum Gasteiger partial charge on any atom is 0.469 e. The van der Waals surface area contributed by atoms with E-state index in [1.54, 1.807) is 0 Å². The Morgan fingerprint density at radius 2 is 2.25 bits per heavy atom. The molecule has 1 aliphatic carbocycles. The molecule has 0 aromatic carbocycles. The highest BCUT2D eigenvalue weighted by Crippen LogP contribution is 2.56. The molecular formula is C7H15O4P. The fourth-order valence-electron chi connectivity index (χ4n) is 1.55. The molecule has 1 rings (SSSR count). The van der Waals surface area contributed by atoms with Crippen molar-refractivity contribution in [2.75, 3.05) is 6.61 Å². The Labute approximate surface area is 72.2 Å². The third-order valence-electron chi connectivity index (χ3n) is 2.59. The van der Waals surface area contributed by atoms with Crippen LogP contribution in [0.25, 0.3) is 0 Å². The van der Waals surface area contributed by atoms with Crippen LogP contribution in [0.5, 0.6) is 0 Å². The molecule has 0 bridgehead atoms. The lowest BCUT2D eigenvalue weighted by Gasteiger charge is -2.11. The van der Waals surface area contributed by atoms with E-state index in [2.05, 4.69) is 11.4 Å². The van der Waals surface area contributed by atoms with Gasteiger partial charge in [0.25, 0.3) is 0 Å². The van der Waals surface area contributed by atoms with Crippen molar-refractivity contribution in [1.29, 1.82) is 0 Å². The smallest absolute Gasteiger partial charge is 0.303 e. The van der Waals surface area contributed by atoms with Crippen molar-refractivity contribution < 1.29 is 18.9 Å². The molecule has 0 amide bonds. The molecule has 4 nitrogen and oxygen atoms in total. The Morgan fingerprint density at radius 3 is 2.58 bits per heavy atom. The summed E-state index contributed by atoms with van der Waals surface area (Å²) < 4.78 is 14.8. The van der Waals surface area contributed by atoms with Crippen LogP contribution in [0.2, 0.25) is 0 Å². The van der Waals surface area contributed by atoms with Gasteiger partial charge in [-0.1, -0.05) is 20.3 Å². The van der Waals surface area contributed by atoms with Crippen LogP contribution < -0.4 is 0 Å². The lowest BCUT2D eigenvalue weighted by atomic mass is 10.1. The lowest BCUT2D eigenvalue weighted by molar-refractivity contribution is 0.159. The van der Waals surface area contributed by atoms with Crippen LogP contribution in [0, 0.1) is 11.3 Å². The van der Waals surface area contributed by atoms with Crippen molar-refractivity contribution >= 4 is 7.82 Å². The third kappa shape index (κ3) is 2.56. The predicted octanol–water partition coefficient (Wildman–Crippen LogP) is 1.53. The number of phosphoric acid groups is 1. The monoisotopic (exact) mass is 194 g/mol. The second-order valence-electron chi connectivity index (χ2n) is 3.73. The van der Waals surface area contributed by atoms with E-state index in [4.69, 9.17) is 9.79 Å². The molecule has 12 heavy (non-hydrogen) atoms. The second kappa shape index (κ2) is 3.11. The van der Waals surface area contributed by atoms with Gasteiger partial charge in [-0.2, -0.15) is 0 Å². The summed E-state index contributed by atoms with van der Waals surface area (Å²) in [5, 5.41) is 0. The van der Waals surface area contributed by atoms with E-state index in [0.717, 1.165) is 12.8 Å². The minimum absolute atomic E-state index is 0.00979. The van der Waals surface area contributed by atoms with Crippen molar-refractivity contribution in [3.05, 3.63) is 0 Å². The molecule has 0 aliphatic heterocycles. The Balaban J connectivity index is 2.30. The van der Waals surface area contributed by atoms with Crippen LogP contribution in [0.4, 0.5) is 0 Å². The summed E-state index contributed by atoms with van der Waals surface area (Å²) in [4.78, 5) is 16.9. The summed E-state index contributed by atoms with van der Waals surface area (Å²) >= 11 is 0. The second-order valence-corrected chi connectivity index (χ2v) is 4.97. The summed E-state index contributed by atoms with van der Waals surface area (Å²) in [7, 11) is -4.26. The Kier molecular flexibility index (Phi) is 2.64. The maximum atomic E-state index is 10.4. The molecule has 0 aromatic heterocycles. The highest BCUT2D eigenvalue weighted by atomic mass is 31.2. The largest absolute Gasteiger partial charge is 0.469 e. The van der Waals surface area contributed by atoms with E-state index >= 15 is 0 Å². The Bertz CT molecular complexity index is 211. The van der Waals surface area contributed by atoms with Crippen molar-refractivity contribution in [3.8, 4) is 0 Å². The summed E-state index contributed by atoms with van der Waals surface area (Å²) in [6.07, 6.45) is 2.07. The zero-order valence-electron chi connectivity index (χ0n) is 7.36. The van der Waals surface area contributed by atoms with E-state index in [1.165, 1.54) is 0 Å². The molecule has 1 fully saturated rings. The molecule has 2 atom stereocenters. The van der Waals surface area contributed by atoms with Crippen molar-refractivity contribution in [3.63, 3.8) is 0 Å². The third-order valence-corrected chi connectivity index (χ3v) is 3.06. The normalized spacial score (nSPS) is 35.2. The van der Waals surface area contributed by atoms with E-state index in [1.807, 2.05) is 6.92 Å². The van der Waals surface area contributed by atoms with Crippen LogP contribution in [0.15, 0.2) is 0 Å². The summed E-state index contributed by atoms with van der Waals surface area (Å²) in [6.45, 7) is 4.25. The lowest BCUT2D eigenvalue weighted by Crippen LogP contribution is -2.07. The van der Waals surface area contributed by atoms with Gasteiger partial charge in [0.05, 0.1) is 6.61 Å². The number of hydrogen-bond donors (Lipinski definition) is 2. The predicted molar refractivity (Wildman–Crippen MR) is 44.5 cm³/mol. The minimum Gasteiger partial charge on any atom is -0.303 e. The molecule has 1 aliphatic rings. The first-order valence-electron chi connectivity index (χ1n) is 4.07. The summed E-state index contributed by atoms with van der Waals surface area (Å²) in [5.74, 6) is 0.573. The van der Waals surface area contributed by atoms with Gasteiger partial charge in [0.2, 0.25) is 0 Å². The molecule has 0 aromatic rings. The molecule has 0 saturated heterocycles. The summed E-state index contributed by atoms with van der Waals surface area (Å²) in [6, 6.07) is 0. The topological polar surface area (TPSA) is 66.8 Å². The highest BCUT2D eigenvalue weighted by molar-refractivity contribution is 7.46. The van der Waals surface area contributed by atoms with Gasteiger partial charge < -0.3 is 9.79 Å². The molecule has 5 heteroatoms. The van der Waals surface area contributed by atoms with Gasteiger partial charge in [-0.25, -0.2) is 4.57 Å². The number of phosphoric ester groups is 1. The van der Waals surface area contributed by atoms with Crippen LogP contribution in [0.3, 0.4) is 0 Å². The molecule has 2 N–H and O–H groups in total. The van der Waals surface area contributed by atoms with E-state index in [-0.39, 0.29) is 12.0 Å². The van der Waals surface area contributed by atoms with Crippen molar-refractivity contribution in [2.24, 2.45) is 11.3 Å². The summed E-state index contributed by atoms with van der Waals surface area (Å²) in [5.41, 5.74) is 0.00979. The van der Waals surface area contributed by atoms with Crippen LogP contribution >= 0.6 is 7.82 Å². The van der Waals surface area contributed by atoms with Crippen LogP contribution in [0.1, 0.15) is 26.7 Å². The molecule has 2 unspecified atom stereocenters. The first-order chi connectivity index (χ1) is 5.37. The van der Waals surface area contributed by atoms with Crippen molar-refractivity contribution in [2.45, 2.75) is 26.7 Å². The van der Waals surface area contributed by atoms with Gasteiger partial charge in [-0.3, -0.25) is 4.52 Å². The SMILES string of the molecule is CCC1CC1(C)COP(=O)(O)O. The molecule has 1 saturated carbocycles. The molecular weight excluding hydrogens is 179 g/mol. The first kappa shape index (κ1) is 10.2. The van der Waals surface area contributed by atoms with E-state index in [0.29, 0.717) is 5.92 Å². The van der Waals surface area contributed by atoms with Gasteiger partial charge in [0.15, 0.2) is 0 Å².